The summed E-state index contributed by atoms with van der Waals surface area (Å²) in [5, 5.41) is 12.7. The van der Waals surface area contributed by atoms with Crippen LogP contribution in [0.3, 0.4) is 0 Å². The fourth-order valence-corrected chi connectivity index (χ4v) is 4.43. The zero-order valence-electron chi connectivity index (χ0n) is 13.9. The van der Waals surface area contributed by atoms with Crippen LogP contribution < -0.4 is 0 Å². The molecule has 1 aliphatic rings. The maximum Gasteiger partial charge on any atom is 0.241 e. The number of sulfone groups is 1. The SMILES string of the molecule is COC1(c2noc(CS(=O)(=O)Cc3ccc(C#N)cc3)n2)CCCC1. The van der Waals surface area contributed by atoms with Crippen molar-refractivity contribution in [3.8, 4) is 6.07 Å². The Bertz CT molecular complexity index is 875. The third kappa shape index (κ3) is 3.89. The van der Waals surface area contributed by atoms with Crippen LogP contribution in [-0.4, -0.2) is 25.7 Å². The average Bonchev–Trinajstić information content (AvgIpc) is 3.24. The molecule has 25 heavy (non-hydrogen) atoms. The third-order valence-corrected chi connectivity index (χ3v) is 5.95. The number of nitriles is 1. The Morgan fingerprint density at radius 3 is 2.52 bits per heavy atom. The first-order chi connectivity index (χ1) is 12.0. The van der Waals surface area contributed by atoms with Crippen LogP contribution >= 0.6 is 0 Å². The second-order valence-corrected chi connectivity index (χ2v) is 8.32. The number of nitrogens with zero attached hydrogens (tertiary/aromatic N) is 3. The number of hydrogen-bond donors (Lipinski definition) is 0. The monoisotopic (exact) mass is 361 g/mol. The van der Waals surface area contributed by atoms with Gasteiger partial charge in [-0.1, -0.05) is 17.3 Å². The molecule has 2 aromatic rings. The summed E-state index contributed by atoms with van der Waals surface area (Å²) in [6, 6.07) is 8.46. The van der Waals surface area contributed by atoms with E-state index in [4.69, 9.17) is 14.5 Å². The summed E-state index contributed by atoms with van der Waals surface area (Å²) in [4.78, 5) is 4.26. The third-order valence-electron chi connectivity index (χ3n) is 4.49. The van der Waals surface area contributed by atoms with Crippen molar-refractivity contribution in [2.24, 2.45) is 0 Å². The number of aromatic nitrogens is 2. The van der Waals surface area contributed by atoms with Gasteiger partial charge in [-0.2, -0.15) is 10.2 Å². The molecule has 0 unspecified atom stereocenters. The number of rotatable bonds is 6. The molecular formula is C17H19N3O4S. The highest BCUT2D eigenvalue weighted by Crippen LogP contribution is 2.40. The van der Waals surface area contributed by atoms with Crippen LogP contribution in [0.1, 0.15) is 48.5 Å². The standard InChI is InChI=1S/C17H19N3O4S/c1-23-17(8-2-3-9-17)16-19-15(24-20-16)12-25(21,22)11-14-6-4-13(10-18)5-7-14/h4-7H,2-3,8-9,11-12H2,1H3. The second kappa shape index (κ2) is 6.94. The van der Waals surface area contributed by atoms with E-state index < -0.39 is 15.4 Å². The van der Waals surface area contributed by atoms with Gasteiger partial charge in [-0.25, -0.2) is 8.42 Å². The van der Waals surface area contributed by atoms with Crippen LogP contribution in [-0.2, 0) is 31.7 Å². The first kappa shape index (κ1) is 17.6. The van der Waals surface area contributed by atoms with Crippen LogP contribution in [0.2, 0.25) is 0 Å². The predicted octanol–water partition coefficient (Wildman–Crippen LogP) is 2.47. The summed E-state index contributed by atoms with van der Waals surface area (Å²) >= 11 is 0. The summed E-state index contributed by atoms with van der Waals surface area (Å²) < 4.78 is 35.5. The Hall–Kier alpha value is -2.24. The molecule has 3 rings (SSSR count). The van der Waals surface area contributed by atoms with Gasteiger partial charge in [0, 0.05) is 7.11 Å². The largest absolute Gasteiger partial charge is 0.370 e. The molecule has 0 bridgehead atoms. The Balaban J connectivity index is 1.72. The van der Waals surface area contributed by atoms with Crippen molar-refractivity contribution in [3.05, 3.63) is 47.1 Å². The summed E-state index contributed by atoms with van der Waals surface area (Å²) in [6.07, 6.45) is 3.66. The Morgan fingerprint density at radius 1 is 1.24 bits per heavy atom. The van der Waals surface area contributed by atoms with Crippen LogP contribution in [0.25, 0.3) is 0 Å². The van der Waals surface area contributed by atoms with Crippen molar-refractivity contribution in [3.63, 3.8) is 0 Å². The first-order valence-electron chi connectivity index (χ1n) is 8.04. The van der Waals surface area contributed by atoms with Gasteiger partial charge < -0.3 is 9.26 Å². The quantitative estimate of drug-likeness (QED) is 0.778. The number of benzene rings is 1. The fourth-order valence-electron chi connectivity index (χ4n) is 3.13. The van der Waals surface area contributed by atoms with E-state index >= 15 is 0 Å². The normalized spacial score (nSPS) is 16.6. The maximum absolute atomic E-state index is 12.4. The lowest BCUT2D eigenvalue weighted by Crippen LogP contribution is -2.26. The van der Waals surface area contributed by atoms with Crippen molar-refractivity contribution >= 4 is 9.84 Å². The summed E-state index contributed by atoms with van der Waals surface area (Å²) in [5.74, 6) is 0.0362. The highest BCUT2D eigenvalue weighted by molar-refractivity contribution is 7.89. The molecule has 7 nitrogen and oxygen atoms in total. The predicted molar refractivity (Wildman–Crippen MR) is 88.9 cm³/mol. The van der Waals surface area contributed by atoms with Crippen LogP contribution in [0.15, 0.2) is 28.8 Å². The highest BCUT2D eigenvalue weighted by atomic mass is 32.2. The Labute approximate surface area is 146 Å². The number of methoxy groups -OCH3 is 1. The van der Waals surface area contributed by atoms with Crippen molar-refractivity contribution < 1.29 is 17.7 Å². The summed E-state index contributed by atoms with van der Waals surface area (Å²) in [6.45, 7) is 0. The van der Waals surface area contributed by atoms with E-state index in [-0.39, 0.29) is 17.4 Å². The van der Waals surface area contributed by atoms with Gasteiger partial charge in [-0.3, -0.25) is 0 Å². The van der Waals surface area contributed by atoms with Crippen molar-refractivity contribution in [2.75, 3.05) is 7.11 Å². The molecule has 1 aromatic heterocycles. The van der Waals surface area contributed by atoms with Gasteiger partial charge in [0.2, 0.25) is 11.7 Å². The lowest BCUT2D eigenvalue weighted by molar-refractivity contribution is -0.0178. The minimum atomic E-state index is -3.46. The van der Waals surface area contributed by atoms with Crippen molar-refractivity contribution in [1.82, 2.24) is 10.1 Å². The van der Waals surface area contributed by atoms with Crippen molar-refractivity contribution in [1.29, 1.82) is 5.26 Å². The molecule has 0 aliphatic heterocycles. The van der Waals surface area contributed by atoms with Crippen LogP contribution in [0.5, 0.6) is 0 Å². The minimum Gasteiger partial charge on any atom is -0.370 e. The van der Waals surface area contributed by atoms with E-state index in [0.717, 1.165) is 25.7 Å². The van der Waals surface area contributed by atoms with E-state index in [0.29, 0.717) is 17.0 Å². The topological polar surface area (TPSA) is 106 Å². The van der Waals surface area contributed by atoms with Crippen LogP contribution in [0.4, 0.5) is 0 Å². The van der Waals surface area contributed by atoms with Gasteiger partial charge >= 0.3 is 0 Å². The molecule has 0 spiro atoms. The van der Waals surface area contributed by atoms with Gasteiger partial charge in [0.05, 0.1) is 17.4 Å². The van der Waals surface area contributed by atoms with Gasteiger partial charge in [0.1, 0.15) is 11.4 Å². The molecule has 1 heterocycles. The van der Waals surface area contributed by atoms with Gasteiger partial charge in [-0.05, 0) is 43.4 Å². The first-order valence-corrected chi connectivity index (χ1v) is 9.86. The Morgan fingerprint density at radius 2 is 1.92 bits per heavy atom. The number of hydrogen-bond acceptors (Lipinski definition) is 7. The van der Waals surface area contributed by atoms with Gasteiger partial charge in [0.15, 0.2) is 9.84 Å². The molecule has 132 valence electrons. The summed E-state index contributed by atoms with van der Waals surface area (Å²) in [5.41, 5.74) is 0.547. The zero-order chi connectivity index (χ0) is 17.9. The van der Waals surface area contributed by atoms with E-state index in [9.17, 15) is 8.42 Å². The second-order valence-electron chi connectivity index (χ2n) is 6.26. The molecule has 0 saturated heterocycles. The Kier molecular flexibility index (Phi) is 4.88. The molecule has 0 N–H and O–H groups in total. The number of ether oxygens (including phenoxy) is 1. The van der Waals surface area contributed by atoms with Gasteiger partial charge in [-0.15, -0.1) is 0 Å². The molecular weight excluding hydrogens is 342 g/mol. The molecule has 1 aliphatic carbocycles. The molecule has 1 fully saturated rings. The molecule has 0 radical (unpaired) electrons. The fraction of sp³-hybridized carbons (Fsp3) is 0.471. The van der Waals surface area contributed by atoms with E-state index in [1.54, 1.807) is 31.4 Å². The van der Waals surface area contributed by atoms with Gasteiger partial charge in [0.25, 0.3) is 0 Å². The highest BCUT2D eigenvalue weighted by Gasteiger charge is 2.40. The average molecular weight is 361 g/mol. The minimum absolute atomic E-state index is 0.0759. The van der Waals surface area contributed by atoms with Crippen LogP contribution in [0, 0.1) is 11.3 Å². The zero-order valence-corrected chi connectivity index (χ0v) is 14.8. The summed E-state index contributed by atoms with van der Waals surface area (Å²) in [7, 11) is -1.85. The van der Waals surface area contributed by atoms with E-state index in [2.05, 4.69) is 10.1 Å². The molecule has 8 heteroatoms. The lowest BCUT2D eigenvalue weighted by atomic mass is 10.0. The maximum atomic E-state index is 12.4. The molecule has 1 saturated carbocycles. The smallest absolute Gasteiger partial charge is 0.241 e. The molecule has 0 atom stereocenters. The molecule has 1 aromatic carbocycles. The van der Waals surface area contributed by atoms with E-state index in [1.807, 2.05) is 6.07 Å². The van der Waals surface area contributed by atoms with Crippen molar-refractivity contribution in [2.45, 2.75) is 42.8 Å². The molecule has 0 amide bonds. The van der Waals surface area contributed by atoms with E-state index in [1.165, 1.54) is 0 Å². The lowest BCUT2D eigenvalue weighted by Gasteiger charge is -2.22.